The topological polar surface area (TPSA) is 41.6 Å². The predicted molar refractivity (Wildman–Crippen MR) is 55.9 cm³/mol. The molecule has 72 valence electrons. The van der Waals surface area contributed by atoms with Crippen molar-refractivity contribution >= 4 is 0 Å². The van der Waals surface area contributed by atoms with Crippen molar-refractivity contribution in [3.05, 3.63) is 36.2 Å². The van der Waals surface area contributed by atoms with Gasteiger partial charge in [0.2, 0.25) is 0 Å². The summed E-state index contributed by atoms with van der Waals surface area (Å²) in [5, 5.41) is 7.23. The van der Waals surface area contributed by atoms with E-state index in [-0.39, 0.29) is 0 Å². The molecule has 0 aromatic carbocycles. The third-order valence-corrected chi connectivity index (χ3v) is 2.15. The standard InChI is InChI=1S/C11H13N3/c1-8(2)10-7-11(14-13-10)9-5-3-4-6-12-9/h3-8H,1-2H3,(H,13,14). The summed E-state index contributed by atoms with van der Waals surface area (Å²) in [5.74, 6) is 0.472. The fourth-order valence-corrected chi connectivity index (χ4v) is 1.28. The molecule has 0 bridgehead atoms. The molecular weight excluding hydrogens is 174 g/mol. The second-order valence-corrected chi connectivity index (χ2v) is 3.58. The van der Waals surface area contributed by atoms with E-state index in [4.69, 9.17) is 0 Å². The first-order valence-electron chi connectivity index (χ1n) is 4.74. The van der Waals surface area contributed by atoms with Crippen LogP contribution in [-0.2, 0) is 0 Å². The molecule has 0 spiro atoms. The van der Waals surface area contributed by atoms with Gasteiger partial charge in [0.1, 0.15) is 5.69 Å². The zero-order valence-corrected chi connectivity index (χ0v) is 8.36. The number of nitrogens with one attached hydrogen (secondary N) is 1. The second-order valence-electron chi connectivity index (χ2n) is 3.58. The first-order valence-corrected chi connectivity index (χ1v) is 4.74. The van der Waals surface area contributed by atoms with E-state index in [0.29, 0.717) is 5.92 Å². The van der Waals surface area contributed by atoms with E-state index < -0.39 is 0 Å². The molecule has 0 atom stereocenters. The molecule has 0 aliphatic rings. The SMILES string of the molecule is CC(C)c1cc(-c2ccccn2)n[nH]1. The molecular formula is C11H13N3. The first kappa shape index (κ1) is 8.94. The summed E-state index contributed by atoms with van der Waals surface area (Å²) in [6.07, 6.45) is 1.78. The molecule has 2 rings (SSSR count). The predicted octanol–water partition coefficient (Wildman–Crippen LogP) is 2.60. The van der Waals surface area contributed by atoms with Gasteiger partial charge in [-0.3, -0.25) is 10.1 Å². The summed E-state index contributed by atoms with van der Waals surface area (Å²) in [6.45, 7) is 4.27. The van der Waals surface area contributed by atoms with Crippen LogP contribution in [-0.4, -0.2) is 15.2 Å². The van der Waals surface area contributed by atoms with Crippen LogP contribution in [0.3, 0.4) is 0 Å². The van der Waals surface area contributed by atoms with E-state index in [0.717, 1.165) is 17.1 Å². The van der Waals surface area contributed by atoms with Crippen LogP contribution in [0.1, 0.15) is 25.5 Å². The third kappa shape index (κ3) is 1.66. The Labute approximate surface area is 83.2 Å². The quantitative estimate of drug-likeness (QED) is 0.785. The van der Waals surface area contributed by atoms with Gasteiger partial charge < -0.3 is 0 Å². The van der Waals surface area contributed by atoms with Crippen molar-refractivity contribution in [3.63, 3.8) is 0 Å². The Bertz CT molecular complexity index is 403. The van der Waals surface area contributed by atoms with Crippen LogP contribution >= 0.6 is 0 Å². The van der Waals surface area contributed by atoms with Gasteiger partial charge in [-0.05, 0) is 24.1 Å². The Balaban J connectivity index is 2.34. The van der Waals surface area contributed by atoms with E-state index in [1.54, 1.807) is 6.20 Å². The molecule has 0 aliphatic heterocycles. The minimum absolute atomic E-state index is 0.472. The van der Waals surface area contributed by atoms with Crippen LogP contribution in [0.2, 0.25) is 0 Å². The maximum atomic E-state index is 4.24. The maximum absolute atomic E-state index is 4.24. The van der Waals surface area contributed by atoms with Crippen molar-refractivity contribution in [1.82, 2.24) is 15.2 Å². The summed E-state index contributed by atoms with van der Waals surface area (Å²) in [4.78, 5) is 4.24. The normalized spacial score (nSPS) is 10.8. The number of aromatic nitrogens is 3. The van der Waals surface area contributed by atoms with E-state index in [1.165, 1.54) is 0 Å². The van der Waals surface area contributed by atoms with Gasteiger partial charge in [-0.2, -0.15) is 5.10 Å². The lowest BCUT2D eigenvalue weighted by Crippen LogP contribution is -1.85. The van der Waals surface area contributed by atoms with E-state index in [1.807, 2.05) is 24.3 Å². The number of H-pyrrole nitrogens is 1. The molecule has 0 amide bonds. The van der Waals surface area contributed by atoms with Crippen molar-refractivity contribution in [2.45, 2.75) is 19.8 Å². The lowest BCUT2D eigenvalue weighted by Gasteiger charge is -1.96. The summed E-state index contributed by atoms with van der Waals surface area (Å²) in [5.41, 5.74) is 2.97. The average Bonchev–Trinajstić information content (AvgIpc) is 2.68. The van der Waals surface area contributed by atoms with Gasteiger partial charge >= 0.3 is 0 Å². The van der Waals surface area contributed by atoms with Crippen molar-refractivity contribution in [1.29, 1.82) is 0 Å². The monoisotopic (exact) mass is 187 g/mol. The van der Waals surface area contributed by atoms with Gasteiger partial charge in [0.05, 0.1) is 5.69 Å². The van der Waals surface area contributed by atoms with Crippen LogP contribution in [0.25, 0.3) is 11.4 Å². The van der Waals surface area contributed by atoms with Crippen molar-refractivity contribution in [2.24, 2.45) is 0 Å². The Morgan fingerprint density at radius 1 is 1.21 bits per heavy atom. The van der Waals surface area contributed by atoms with Crippen LogP contribution in [0, 0.1) is 0 Å². The number of nitrogens with zero attached hydrogens (tertiary/aromatic N) is 2. The minimum atomic E-state index is 0.472. The molecule has 0 unspecified atom stereocenters. The molecule has 0 saturated heterocycles. The van der Waals surface area contributed by atoms with Crippen molar-refractivity contribution < 1.29 is 0 Å². The van der Waals surface area contributed by atoms with E-state index >= 15 is 0 Å². The molecule has 1 N–H and O–H groups in total. The number of hydrogen-bond acceptors (Lipinski definition) is 2. The number of pyridine rings is 1. The Morgan fingerprint density at radius 2 is 2.07 bits per heavy atom. The highest BCUT2D eigenvalue weighted by atomic mass is 15.1. The van der Waals surface area contributed by atoms with Crippen LogP contribution in [0.5, 0.6) is 0 Å². The highest BCUT2D eigenvalue weighted by molar-refractivity contribution is 5.53. The molecule has 0 aliphatic carbocycles. The molecule has 3 nitrogen and oxygen atoms in total. The van der Waals surface area contributed by atoms with Crippen LogP contribution in [0.15, 0.2) is 30.5 Å². The number of hydrogen-bond donors (Lipinski definition) is 1. The average molecular weight is 187 g/mol. The lowest BCUT2D eigenvalue weighted by molar-refractivity contribution is 0.810. The molecule has 2 aromatic heterocycles. The van der Waals surface area contributed by atoms with Crippen LogP contribution in [0.4, 0.5) is 0 Å². The molecule has 0 fully saturated rings. The molecule has 2 heterocycles. The highest BCUT2D eigenvalue weighted by Gasteiger charge is 2.06. The summed E-state index contributed by atoms with van der Waals surface area (Å²) >= 11 is 0. The molecule has 0 radical (unpaired) electrons. The van der Waals surface area contributed by atoms with Crippen molar-refractivity contribution in [3.8, 4) is 11.4 Å². The first-order chi connectivity index (χ1) is 6.77. The van der Waals surface area contributed by atoms with Gasteiger partial charge in [-0.1, -0.05) is 19.9 Å². The van der Waals surface area contributed by atoms with Crippen molar-refractivity contribution in [2.75, 3.05) is 0 Å². The summed E-state index contributed by atoms with van der Waals surface area (Å²) in [6, 6.07) is 7.87. The third-order valence-electron chi connectivity index (χ3n) is 2.15. The lowest BCUT2D eigenvalue weighted by atomic mass is 10.1. The van der Waals surface area contributed by atoms with Gasteiger partial charge in [-0.25, -0.2) is 0 Å². The zero-order valence-electron chi connectivity index (χ0n) is 8.36. The summed E-state index contributed by atoms with van der Waals surface area (Å²) in [7, 11) is 0. The minimum Gasteiger partial charge on any atom is -0.282 e. The second kappa shape index (κ2) is 3.62. The molecule has 14 heavy (non-hydrogen) atoms. The van der Waals surface area contributed by atoms with Gasteiger partial charge in [0.25, 0.3) is 0 Å². The highest BCUT2D eigenvalue weighted by Crippen LogP contribution is 2.18. The van der Waals surface area contributed by atoms with E-state index in [9.17, 15) is 0 Å². The molecule has 0 saturated carbocycles. The van der Waals surface area contributed by atoms with Gasteiger partial charge in [0.15, 0.2) is 0 Å². The number of rotatable bonds is 2. The van der Waals surface area contributed by atoms with Crippen LogP contribution < -0.4 is 0 Å². The smallest absolute Gasteiger partial charge is 0.111 e. The number of aromatic amines is 1. The molecule has 3 heteroatoms. The Kier molecular flexibility index (Phi) is 2.31. The largest absolute Gasteiger partial charge is 0.282 e. The van der Waals surface area contributed by atoms with Gasteiger partial charge in [0, 0.05) is 11.9 Å². The zero-order chi connectivity index (χ0) is 9.97. The Hall–Kier alpha value is -1.64. The molecule has 2 aromatic rings. The van der Waals surface area contributed by atoms with E-state index in [2.05, 4.69) is 29.0 Å². The summed E-state index contributed by atoms with van der Waals surface area (Å²) < 4.78 is 0. The van der Waals surface area contributed by atoms with Gasteiger partial charge in [-0.15, -0.1) is 0 Å². The maximum Gasteiger partial charge on any atom is 0.111 e. The Morgan fingerprint density at radius 3 is 2.64 bits per heavy atom. The fraction of sp³-hybridized carbons (Fsp3) is 0.273. The fourth-order valence-electron chi connectivity index (χ4n) is 1.28.